The first-order chi connectivity index (χ1) is 7.00. The first-order valence-electron chi connectivity index (χ1n) is 4.98. The van der Waals surface area contributed by atoms with Crippen LogP contribution in [0.25, 0.3) is 0 Å². The molecule has 0 amide bonds. The Bertz CT molecular complexity index is 338. The van der Waals surface area contributed by atoms with Gasteiger partial charge in [0.2, 0.25) is 0 Å². The minimum absolute atomic E-state index is 0.187. The molecule has 0 aliphatic rings. The van der Waals surface area contributed by atoms with Crippen LogP contribution in [-0.4, -0.2) is 27.2 Å². The molecule has 5 heteroatoms. The normalized spacial score (nSPS) is 17.3. The lowest BCUT2D eigenvalue weighted by molar-refractivity contribution is 0.559. The summed E-state index contributed by atoms with van der Waals surface area (Å²) in [6.07, 6.45) is 1.74. The summed E-state index contributed by atoms with van der Waals surface area (Å²) in [7, 11) is -0.758. The van der Waals surface area contributed by atoms with Crippen LogP contribution in [0.1, 0.15) is 30.6 Å². The van der Waals surface area contributed by atoms with Gasteiger partial charge in [0, 0.05) is 40.3 Å². The van der Waals surface area contributed by atoms with Gasteiger partial charge in [-0.1, -0.05) is 0 Å². The van der Waals surface area contributed by atoms with Gasteiger partial charge in [0.25, 0.3) is 0 Å². The molecule has 0 saturated carbocycles. The van der Waals surface area contributed by atoms with E-state index in [0.29, 0.717) is 0 Å². The maximum absolute atomic E-state index is 11.2. The van der Waals surface area contributed by atoms with Crippen molar-refractivity contribution in [3.8, 4) is 0 Å². The van der Waals surface area contributed by atoms with E-state index in [9.17, 15) is 4.21 Å². The molecule has 1 heterocycles. The maximum Gasteiger partial charge on any atom is 0.0898 e. The fourth-order valence-corrected chi connectivity index (χ4v) is 2.18. The number of hydrogen-bond acceptors (Lipinski definition) is 4. The van der Waals surface area contributed by atoms with E-state index >= 15 is 0 Å². The molecule has 3 atom stereocenters. The second kappa shape index (κ2) is 5.72. The third kappa shape index (κ3) is 4.01. The Balaban J connectivity index is 2.43. The van der Waals surface area contributed by atoms with Gasteiger partial charge in [-0.25, -0.2) is 4.98 Å². The molecular weight excluding hydrogens is 228 g/mol. The van der Waals surface area contributed by atoms with Crippen LogP contribution in [0.4, 0.5) is 0 Å². The van der Waals surface area contributed by atoms with Crippen LogP contribution in [0, 0.1) is 6.92 Å². The Morgan fingerprint density at radius 2 is 2.27 bits per heavy atom. The largest absolute Gasteiger partial charge is 0.308 e. The Hall–Kier alpha value is -0.260. The van der Waals surface area contributed by atoms with Gasteiger partial charge in [0.15, 0.2) is 0 Å². The number of aryl methyl sites for hydroxylation is 1. The van der Waals surface area contributed by atoms with E-state index in [2.05, 4.69) is 22.6 Å². The molecule has 1 aromatic heterocycles. The Morgan fingerprint density at radius 1 is 1.60 bits per heavy atom. The summed E-state index contributed by atoms with van der Waals surface area (Å²) in [5.74, 6) is 0. The van der Waals surface area contributed by atoms with Gasteiger partial charge in [0.1, 0.15) is 0 Å². The van der Waals surface area contributed by atoms with Crippen molar-refractivity contribution in [1.82, 2.24) is 10.3 Å². The van der Waals surface area contributed by atoms with Crippen molar-refractivity contribution >= 4 is 22.1 Å². The number of hydrogen-bond donors (Lipinski definition) is 1. The number of nitrogens with one attached hydrogen (secondary N) is 1. The molecule has 0 fully saturated rings. The van der Waals surface area contributed by atoms with E-state index in [-0.39, 0.29) is 11.3 Å². The van der Waals surface area contributed by atoms with Crippen molar-refractivity contribution in [2.45, 2.75) is 32.1 Å². The van der Waals surface area contributed by atoms with E-state index in [4.69, 9.17) is 0 Å². The standard InChI is InChI=1S/C10H18N2OS2/c1-7(15(4)13)5-11-8(2)10-6-14-9(3)12-10/h6-8,11H,5H2,1-4H3. The highest BCUT2D eigenvalue weighted by Crippen LogP contribution is 2.15. The molecular formula is C10H18N2OS2. The Morgan fingerprint density at radius 3 is 2.73 bits per heavy atom. The van der Waals surface area contributed by atoms with Gasteiger partial charge in [-0.2, -0.15) is 0 Å². The van der Waals surface area contributed by atoms with Crippen molar-refractivity contribution in [3.05, 3.63) is 16.1 Å². The van der Waals surface area contributed by atoms with Gasteiger partial charge in [-0.3, -0.25) is 4.21 Å². The highest BCUT2D eigenvalue weighted by molar-refractivity contribution is 7.84. The lowest BCUT2D eigenvalue weighted by Gasteiger charge is -2.14. The van der Waals surface area contributed by atoms with Crippen molar-refractivity contribution in [1.29, 1.82) is 0 Å². The summed E-state index contributed by atoms with van der Waals surface area (Å²) >= 11 is 1.66. The number of nitrogens with zero attached hydrogens (tertiary/aromatic N) is 1. The number of rotatable bonds is 5. The summed E-state index contributed by atoms with van der Waals surface area (Å²) in [5.41, 5.74) is 1.08. The molecule has 3 nitrogen and oxygen atoms in total. The molecule has 3 unspecified atom stereocenters. The first kappa shape index (κ1) is 12.8. The summed E-state index contributed by atoms with van der Waals surface area (Å²) in [5, 5.41) is 6.69. The van der Waals surface area contributed by atoms with Crippen molar-refractivity contribution in [2.75, 3.05) is 12.8 Å². The Kier molecular flexibility index (Phi) is 4.89. The average Bonchev–Trinajstić information content (AvgIpc) is 2.60. The lowest BCUT2D eigenvalue weighted by Crippen LogP contribution is -2.29. The van der Waals surface area contributed by atoms with Gasteiger partial charge in [-0.15, -0.1) is 11.3 Å². The topological polar surface area (TPSA) is 42.0 Å². The van der Waals surface area contributed by atoms with Crippen LogP contribution in [0.2, 0.25) is 0 Å². The summed E-state index contributed by atoms with van der Waals surface area (Å²) < 4.78 is 11.2. The molecule has 0 spiro atoms. The van der Waals surface area contributed by atoms with Crippen LogP contribution in [-0.2, 0) is 10.8 Å². The predicted molar refractivity (Wildman–Crippen MR) is 66.8 cm³/mol. The molecule has 1 N–H and O–H groups in total. The average molecular weight is 246 g/mol. The van der Waals surface area contributed by atoms with Gasteiger partial charge >= 0.3 is 0 Å². The van der Waals surface area contributed by atoms with Gasteiger partial charge < -0.3 is 5.32 Å². The molecule has 0 bridgehead atoms. The van der Waals surface area contributed by atoms with E-state index in [1.54, 1.807) is 17.6 Å². The van der Waals surface area contributed by atoms with E-state index in [1.165, 1.54) is 0 Å². The fraction of sp³-hybridized carbons (Fsp3) is 0.700. The minimum Gasteiger partial charge on any atom is -0.308 e. The smallest absolute Gasteiger partial charge is 0.0898 e. The Labute approximate surface area is 97.8 Å². The maximum atomic E-state index is 11.2. The minimum atomic E-state index is -0.758. The van der Waals surface area contributed by atoms with Gasteiger partial charge in [-0.05, 0) is 20.8 Å². The summed E-state index contributed by atoms with van der Waals surface area (Å²) in [6.45, 7) is 6.84. The summed E-state index contributed by atoms with van der Waals surface area (Å²) in [4.78, 5) is 4.41. The molecule has 15 heavy (non-hydrogen) atoms. The lowest BCUT2D eigenvalue weighted by atomic mass is 10.2. The van der Waals surface area contributed by atoms with E-state index in [1.807, 2.05) is 13.8 Å². The second-order valence-corrected chi connectivity index (χ2v) is 6.59. The van der Waals surface area contributed by atoms with Crippen molar-refractivity contribution < 1.29 is 4.21 Å². The quantitative estimate of drug-likeness (QED) is 0.862. The zero-order valence-corrected chi connectivity index (χ0v) is 11.2. The highest BCUT2D eigenvalue weighted by Gasteiger charge is 2.11. The SMILES string of the molecule is Cc1nc(C(C)NCC(C)S(C)=O)cs1. The van der Waals surface area contributed by atoms with Crippen LogP contribution in [0.15, 0.2) is 5.38 Å². The van der Waals surface area contributed by atoms with Crippen molar-refractivity contribution in [3.63, 3.8) is 0 Å². The second-order valence-electron chi connectivity index (χ2n) is 3.73. The highest BCUT2D eigenvalue weighted by atomic mass is 32.2. The van der Waals surface area contributed by atoms with Crippen LogP contribution in [0.5, 0.6) is 0 Å². The van der Waals surface area contributed by atoms with E-state index in [0.717, 1.165) is 17.2 Å². The third-order valence-corrected chi connectivity index (χ3v) is 4.45. The zero-order chi connectivity index (χ0) is 11.4. The predicted octanol–water partition coefficient (Wildman–Crippen LogP) is 1.87. The fourth-order valence-electron chi connectivity index (χ4n) is 1.14. The third-order valence-electron chi connectivity index (χ3n) is 2.36. The first-order valence-corrected chi connectivity index (χ1v) is 7.48. The molecule has 0 aliphatic carbocycles. The monoisotopic (exact) mass is 246 g/mol. The molecule has 0 radical (unpaired) electrons. The molecule has 1 aromatic rings. The molecule has 0 aromatic carbocycles. The van der Waals surface area contributed by atoms with Crippen LogP contribution < -0.4 is 5.32 Å². The molecule has 0 aliphatic heterocycles. The number of aromatic nitrogens is 1. The summed E-state index contributed by atoms with van der Waals surface area (Å²) in [6, 6.07) is 0.237. The molecule has 1 rings (SSSR count). The van der Waals surface area contributed by atoms with Gasteiger partial charge in [0.05, 0.1) is 10.7 Å². The van der Waals surface area contributed by atoms with Crippen LogP contribution in [0.3, 0.4) is 0 Å². The molecule has 86 valence electrons. The number of thiazole rings is 1. The van der Waals surface area contributed by atoms with E-state index < -0.39 is 10.8 Å². The zero-order valence-electron chi connectivity index (χ0n) is 9.61. The molecule has 0 saturated heterocycles. The van der Waals surface area contributed by atoms with Crippen LogP contribution >= 0.6 is 11.3 Å². The van der Waals surface area contributed by atoms with Crippen molar-refractivity contribution in [2.24, 2.45) is 0 Å².